The van der Waals surface area contributed by atoms with E-state index in [0.717, 1.165) is 15.7 Å². The molecule has 3 aromatic heterocycles. The second-order valence-electron chi connectivity index (χ2n) is 6.65. The summed E-state index contributed by atoms with van der Waals surface area (Å²) in [6.07, 6.45) is 2.76. The van der Waals surface area contributed by atoms with Crippen molar-refractivity contribution in [2.45, 2.75) is 19.0 Å². The van der Waals surface area contributed by atoms with Crippen LogP contribution < -0.4 is 10.5 Å². The fraction of sp³-hybridized carbons (Fsp3) is 0.158. The fourth-order valence-electron chi connectivity index (χ4n) is 2.77. The van der Waals surface area contributed by atoms with Crippen LogP contribution in [0.15, 0.2) is 42.2 Å². The Bertz CT molecular complexity index is 1250. The number of hydrogen-bond donors (Lipinski definition) is 2. The zero-order valence-corrected chi connectivity index (χ0v) is 17.0. The van der Waals surface area contributed by atoms with Crippen LogP contribution in [0.4, 0.5) is 8.78 Å². The van der Waals surface area contributed by atoms with Crippen LogP contribution >= 0.6 is 11.3 Å². The molecule has 1 atom stereocenters. The summed E-state index contributed by atoms with van der Waals surface area (Å²) in [5.41, 5.74) is 7.90. The summed E-state index contributed by atoms with van der Waals surface area (Å²) in [5, 5.41) is 20.3. The Balaban J connectivity index is 1.48. The van der Waals surface area contributed by atoms with Crippen LogP contribution in [0.5, 0.6) is 11.6 Å². The molecular formula is C19H15F2N7O3S. The average molecular weight is 459 g/mol. The molecule has 0 aliphatic carbocycles. The highest BCUT2D eigenvalue weighted by Crippen LogP contribution is 2.30. The van der Waals surface area contributed by atoms with Gasteiger partial charge in [0.2, 0.25) is 5.82 Å². The van der Waals surface area contributed by atoms with Gasteiger partial charge in [0.1, 0.15) is 11.6 Å². The van der Waals surface area contributed by atoms with Gasteiger partial charge in [-0.15, -0.1) is 21.5 Å². The number of carbonyl (C=O) groups is 1. The van der Waals surface area contributed by atoms with Gasteiger partial charge in [-0.25, -0.2) is 13.8 Å². The molecule has 32 heavy (non-hydrogen) atoms. The highest BCUT2D eigenvalue weighted by atomic mass is 32.1. The summed E-state index contributed by atoms with van der Waals surface area (Å²) in [4.78, 5) is 20.4. The standard InChI is InChI=1S/C19H15F2N7O3S/c20-14-5-12(31-19-15(21)3-10(6-24-19)16-7-23-9-32-16)1-2-13(14)18-25-27-28(26-18)8-11(22)4-17(29)30/h1-3,5-7,9,11H,4,8,22H2,(H,29,30). The van der Waals surface area contributed by atoms with E-state index in [1.165, 1.54) is 35.7 Å². The number of carboxylic acid groups (broad SMARTS) is 1. The summed E-state index contributed by atoms with van der Waals surface area (Å²) in [5.74, 6) is -2.78. The lowest BCUT2D eigenvalue weighted by Crippen LogP contribution is -2.30. The van der Waals surface area contributed by atoms with Gasteiger partial charge in [0.15, 0.2) is 5.82 Å². The molecule has 4 rings (SSSR count). The predicted octanol–water partition coefficient (Wildman–Crippen LogP) is 2.73. The number of nitrogens with two attached hydrogens (primary N) is 1. The number of aromatic nitrogens is 6. The van der Waals surface area contributed by atoms with Crippen molar-refractivity contribution in [1.82, 2.24) is 30.2 Å². The molecule has 1 aromatic carbocycles. The number of hydrogen-bond acceptors (Lipinski definition) is 9. The van der Waals surface area contributed by atoms with E-state index in [-0.39, 0.29) is 36.0 Å². The van der Waals surface area contributed by atoms with E-state index in [2.05, 4.69) is 25.4 Å². The first-order valence-corrected chi connectivity index (χ1v) is 10.0. The van der Waals surface area contributed by atoms with Gasteiger partial charge in [-0.3, -0.25) is 9.78 Å². The molecule has 4 aromatic rings. The van der Waals surface area contributed by atoms with Crippen LogP contribution in [0, 0.1) is 11.6 Å². The minimum absolute atomic E-state index is 0.00455. The number of thiazole rings is 1. The Hall–Kier alpha value is -3.84. The maximum absolute atomic E-state index is 14.6. The number of benzene rings is 1. The number of carboxylic acids is 1. The van der Waals surface area contributed by atoms with E-state index in [9.17, 15) is 13.6 Å². The summed E-state index contributed by atoms with van der Waals surface area (Å²) in [7, 11) is 0. The quantitative estimate of drug-likeness (QED) is 0.407. The first-order chi connectivity index (χ1) is 15.4. The molecular weight excluding hydrogens is 444 g/mol. The molecule has 0 aliphatic heterocycles. The summed E-state index contributed by atoms with van der Waals surface area (Å²) < 4.78 is 34.4. The Morgan fingerprint density at radius 3 is 2.78 bits per heavy atom. The maximum atomic E-state index is 14.6. The van der Waals surface area contributed by atoms with E-state index < -0.39 is 23.6 Å². The van der Waals surface area contributed by atoms with Crippen molar-refractivity contribution >= 4 is 17.3 Å². The maximum Gasteiger partial charge on any atom is 0.304 e. The lowest BCUT2D eigenvalue weighted by Gasteiger charge is -2.08. The highest BCUT2D eigenvalue weighted by molar-refractivity contribution is 7.13. The van der Waals surface area contributed by atoms with Crippen LogP contribution in [-0.2, 0) is 11.3 Å². The Kier molecular flexibility index (Phi) is 6.09. The molecule has 0 radical (unpaired) electrons. The number of ether oxygens (including phenoxy) is 1. The van der Waals surface area contributed by atoms with Gasteiger partial charge in [0.05, 0.1) is 28.9 Å². The number of nitrogens with zero attached hydrogens (tertiary/aromatic N) is 6. The van der Waals surface area contributed by atoms with Crippen molar-refractivity contribution in [3.05, 3.63) is 53.8 Å². The van der Waals surface area contributed by atoms with Gasteiger partial charge in [-0.05, 0) is 23.4 Å². The van der Waals surface area contributed by atoms with Crippen molar-refractivity contribution in [2.24, 2.45) is 5.73 Å². The van der Waals surface area contributed by atoms with Gasteiger partial charge < -0.3 is 15.6 Å². The summed E-state index contributed by atoms with van der Waals surface area (Å²) in [6, 6.07) is 4.35. The molecule has 3 heterocycles. The third-order valence-electron chi connectivity index (χ3n) is 4.21. The fourth-order valence-corrected chi connectivity index (χ4v) is 3.38. The number of pyridine rings is 1. The molecule has 13 heteroatoms. The molecule has 0 saturated heterocycles. The zero-order valence-electron chi connectivity index (χ0n) is 16.2. The predicted molar refractivity (Wildman–Crippen MR) is 109 cm³/mol. The number of tetrazole rings is 1. The third kappa shape index (κ3) is 4.90. The van der Waals surface area contributed by atoms with E-state index in [0.29, 0.717) is 5.56 Å². The van der Waals surface area contributed by atoms with Crippen molar-refractivity contribution in [1.29, 1.82) is 0 Å². The van der Waals surface area contributed by atoms with Crippen LogP contribution in [-0.4, -0.2) is 47.3 Å². The Morgan fingerprint density at radius 2 is 2.09 bits per heavy atom. The summed E-state index contributed by atoms with van der Waals surface area (Å²) >= 11 is 1.34. The molecule has 0 saturated carbocycles. The van der Waals surface area contributed by atoms with Crippen LogP contribution in [0.3, 0.4) is 0 Å². The van der Waals surface area contributed by atoms with Crippen molar-refractivity contribution in [3.8, 4) is 33.5 Å². The lowest BCUT2D eigenvalue weighted by molar-refractivity contribution is -0.137. The van der Waals surface area contributed by atoms with Gasteiger partial charge in [0.25, 0.3) is 5.88 Å². The average Bonchev–Trinajstić information content (AvgIpc) is 3.41. The SMILES string of the molecule is NC(CC(=O)O)Cn1nnc(-c2ccc(Oc3ncc(-c4cncs4)cc3F)cc2F)n1. The normalized spacial score (nSPS) is 12.0. The molecule has 0 aliphatic rings. The minimum atomic E-state index is -1.05. The van der Waals surface area contributed by atoms with E-state index in [1.807, 2.05) is 0 Å². The van der Waals surface area contributed by atoms with Gasteiger partial charge in [0, 0.05) is 30.1 Å². The number of aliphatic carboxylic acids is 1. The molecule has 1 unspecified atom stereocenters. The molecule has 3 N–H and O–H groups in total. The summed E-state index contributed by atoms with van der Waals surface area (Å²) in [6.45, 7) is 0.00455. The second kappa shape index (κ2) is 9.11. The molecule has 0 fully saturated rings. The van der Waals surface area contributed by atoms with Crippen LogP contribution in [0.25, 0.3) is 21.8 Å². The Labute approximate surface area is 183 Å². The van der Waals surface area contributed by atoms with E-state index in [1.54, 1.807) is 11.7 Å². The highest BCUT2D eigenvalue weighted by Gasteiger charge is 2.16. The van der Waals surface area contributed by atoms with Crippen molar-refractivity contribution < 1.29 is 23.4 Å². The first kappa shape index (κ1) is 21.4. The molecule has 0 bridgehead atoms. The monoisotopic (exact) mass is 459 g/mol. The first-order valence-electron chi connectivity index (χ1n) is 9.16. The third-order valence-corrected chi connectivity index (χ3v) is 5.03. The van der Waals surface area contributed by atoms with Crippen molar-refractivity contribution in [2.75, 3.05) is 0 Å². The number of halogens is 2. The molecule has 10 nitrogen and oxygen atoms in total. The molecule has 0 spiro atoms. The largest absolute Gasteiger partial charge is 0.481 e. The second-order valence-corrected chi connectivity index (χ2v) is 7.53. The Morgan fingerprint density at radius 1 is 1.25 bits per heavy atom. The molecule has 164 valence electrons. The molecule has 0 amide bonds. The van der Waals surface area contributed by atoms with Gasteiger partial charge >= 0.3 is 5.97 Å². The van der Waals surface area contributed by atoms with Crippen molar-refractivity contribution in [3.63, 3.8) is 0 Å². The van der Waals surface area contributed by atoms with E-state index in [4.69, 9.17) is 15.6 Å². The zero-order chi connectivity index (χ0) is 22.7. The topological polar surface area (TPSA) is 142 Å². The van der Waals surface area contributed by atoms with Crippen LogP contribution in [0.1, 0.15) is 6.42 Å². The van der Waals surface area contributed by atoms with Crippen LogP contribution in [0.2, 0.25) is 0 Å². The number of rotatable bonds is 8. The smallest absolute Gasteiger partial charge is 0.304 e. The van der Waals surface area contributed by atoms with Gasteiger partial charge in [-0.1, -0.05) is 0 Å². The van der Waals surface area contributed by atoms with Gasteiger partial charge in [-0.2, -0.15) is 4.80 Å². The lowest BCUT2D eigenvalue weighted by atomic mass is 10.2. The van der Waals surface area contributed by atoms with E-state index >= 15 is 0 Å². The minimum Gasteiger partial charge on any atom is -0.481 e.